The Morgan fingerprint density at radius 3 is 2.54 bits per heavy atom. The normalized spacial score (nSPS) is 10.4. The number of nitrogens with two attached hydrogens (primary N) is 1. The van der Waals surface area contributed by atoms with Crippen molar-refractivity contribution in [2.24, 2.45) is 5.10 Å². The van der Waals surface area contributed by atoms with Crippen LogP contribution in [0.3, 0.4) is 0 Å². The van der Waals surface area contributed by atoms with Crippen LogP contribution in [0.2, 0.25) is 0 Å². The van der Waals surface area contributed by atoms with Crippen LogP contribution in [0.15, 0.2) is 53.6 Å². The Labute approximate surface area is 139 Å². The first-order valence-electron chi connectivity index (χ1n) is 7.07. The average molecular weight is 327 g/mol. The molecule has 0 aromatic heterocycles. The van der Waals surface area contributed by atoms with E-state index in [4.69, 9.17) is 10.5 Å². The molecule has 1 amide bonds. The molecule has 0 saturated heterocycles. The Balaban J connectivity index is 1.89. The number of para-hydroxylation sites is 1. The molecule has 0 fully saturated rings. The van der Waals surface area contributed by atoms with Gasteiger partial charge in [-0.25, -0.2) is 10.2 Å². The zero-order valence-corrected chi connectivity index (χ0v) is 13.1. The standard InChI is InChI=1S/C17H17N3O4/c1-23-16(21)11-24-13-8-6-12(7-9-13)10-19-20-17(22)14-4-2-3-5-15(14)18/h2-10H,11,18H2,1H3,(H,20,22)/b19-10-. The summed E-state index contributed by atoms with van der Waals surface area (Å²) in [5.41, 5.74) is 9.63. The van der Waals surface area contributed by atoms with Gasteiger partial charge in [0.15, 0.2) is 6.61 Å². The van der Waals surface area contributed by atoms with E-state index < -0.39 is 5.97 Å². The molecule has 0 unspecified atom stereocenters. The largest absolute Gasteiger partial charge is 0.482 e. The van der Waals surface area contributed by atoms with Crippen LogP contribution in [0.5, 0.6) is 5.75 Å². The summed E-state index contributed by atoms with van der Waals surface area (Å²) in [5.74, 6) is -0.315. The van der Waals surface area contributed by atoms with Gasteiger partial charge in [0.1, 0.15) is 5.75 Å². The number of nitrogens with zero attached hydrogens (tertiary/aromatic N) is 1. The average Bonchev–Trinajstić information content (AvgIpc) is 2.61. The Kier molecular flexibility index (Phi) is 5.90. The molecule has 2 rings (SSSR count). The Morgan fingerprint density at radius 2 is 1.88 bits per heavy atom. The lowest BCUT2D eigenvalue weighted by atomic mass is 10.2. The summed E-state index contributed by atoms with van der Waals surface area (Å²) in [7, 11) is 1.29. The minimum absolute atomic E-state index is 0.154. The highest BCUT2D eigenvalue weighted by Gasteiger charge is 2.07. The molecule has 7 nitrogen and oxygen atoms in total. The number of carbonyl (C=O) groups is 2. The second kappa shape index (κ2) is 8.33. The fourth-order valence-corrected chi connectivity index (χ4v) is 1.78. The maximum absolute atomic E-state index is 11.9. The summed E-state index contributed by atoms with van der Waals surface area (Å²) in [4.78, 5) is 22.9. The van der Waals surface area contributed by atoms with Gasteiger partial charge in [0.25, 0.3) is 5.91 Å². The van der Waals surface area contributed by atoms with E-state index in [1.165, 1.54) is 13.3 Å². The van der Waals surface area contributed by atoms with Gasteiger partial charge in [0, 0.05) is 5.69 Å². The molecule has 2 aromatic carbocycles. The summed E-state index contributed by atoms with van der Waals surface area (Å²) in [6.07, 6.45) is 1.49. The number of amides is 1. The zero-order valence-electron chi connectivity index (χ0n) is 13.1. The summed E-state index contributed by atoms with van der Waals surface area (Å²) in [5, 5.41) is 3.88. The van der Waals surface area contributed by atoms with Crippen molar-refractivity contribution in [3.63, 3.8) is 0 Å². The highest BCUT2D eigenvalue weighted by Crippen LogP contribution is 2.11. The monoisotopic (exact) mass is 327 g/mol. The van der Waals surface area contributed by atoms with Crippen molar-refractivity contribution < 1.29 is 19.1 Å². The molecule has 0 atom stereocenters. The van der Waals surface area contributed by atoms with Crippen molar-refractivity contribution in [1.82, 2.24) is 5.43 Å². The van der Waals surface area contributed by atoms with Crippen LogP contribution in [0.1, 0.15) is 15.9 Å². The van der Waals surface area contributed by atoms with Crippen LogP contribution >= 0.6 is 0 Å². The molecule has 0 radical (unpaired) electrons. The molecular weight excluding hydrogens is 310 g/mol. The lowest BCUT2D eigenvalue weighted by Gasteiger charge is -2.05. The number of rotatable bonds is 6. The maximum atomic E-state index is 11.9. The Bertz CT molecular complexity index is 742. The fourth-order valence-electron chi connectivity index (χ4n) is 1.78. The van der Waals surface area contributed by atoms with Gasteiger partial charge in [0.05, 0.1) is 18.9 Å². The topological polar surface area (TPSA) is 103 Å². The van der Waals surface area contributed by atoms with Gasteiger partial charge >= 0.3 is 5.97 Å². The second-order valence-electron chi connectivity index (χ2n) is 4.72. The molecule has 0 heterocycles. The Morgan fingerprint density at radius 1 is 1.17 bits per heavy atom. The molecule has 2 aromatic rings. The molecule has 0 bridgehead atoms. The summed E-state index contributed by atoms with van der Waals surface area (Å²) >= 11 is 0. The first-order valence-corrected chi connectivity index (χ1v) is 7.07. The van der Waals surface area contributed by atoms with Crippen molar-refractivity contribution in [2.75, 3.05) is 19.5 Å². The minimum Gasteiger partial charge on any atom is -0.482 e. The number of hydrogen-bond donors (Lipinski definition) is 2. The molecule has 0 aliphatic rings. The van der Waals surface area contributed by atoms with E-state index in [1.54, 1.807) is 48.5 Å². The van der Waals surface area contributed by atoms with Crippen molar-refractivity contribution in [2.45, 2.75) is 0 Å². The molecule has 7 heteroatoms. The zero-order chi connectivity index (χ0) is 17.4. The predicted molar refractivity (Wildman–Crippen MR) is 89.9 cm³/mol. The molecular formula is C17H17N3O4. The van der Waals surface area contributed by atoms with Crippen LogP contribution in [0.25, 0.3) is 0 Å². The van der Waals surface area contributed by atoms with E-state index >= 15 is 0 Å². The quantitative estimate of drug-likeness (QED) is 0.363. The number of hydrazone groups is 1. The number of nitrogen functional groups attached to an aromatic ring is 1. The third-order valence-corrected chi connectivity index (χ3v) is 3.05. The van der Waals surface area contributed by atoms with Gasteiger partial charge in [0.2, 0.25) is 0 Å². The molecule has 0 saturated carbocycles. The second-order valence-corrected chi connectivity index (χ2v) is 4.72. The van der Waals surface area contributed by atoms with E-state index in [0.29, 0.717) is 17.0 Å². The van der Waals surface area contributed by atoms with Gasteiger partial charge in [-0.15, -0.1) is 0 Å². The fraction of sp³-hybridized carbons (Fsp3) is 0.118. The number of anilines is 1. The number of hydrogen-bond acceptors (Lipinski definition) is 6. The molecule has 24 heavy (non-hydrogen) atoms. The SMILES string of the molecule is COC(=O)COc1ccc(/C=N\NC(=O)c2ccccc2N)cc1. The lowest BCUT2D eigenvalue weighted by molar-refractivity contribution is -0.142. The highest BCUT2D eigenvalue weighted by molar-refractivity contribution is 5.99. The van der Waals surface area contributed by atoms with E-state index in [9.17, 15) is 9.59 Å². The van der Waals surface area contributed by atoms with Crippen LogP contribution in [0, 0.1) is 0 Å². The van der Waals surface area contributed by atoms with Crippen molar-refractivity contribution in [3.8, 4) is 5.75 Å². The van der Waals surface area contributed by atoms with Gasteiger partial charge in [-0.3, -0.25) is 4.79 Å². The maximum Gasteiger partial charge on any atom is 0.343 e. The van der Waals surface area contributed by atoms with Crippen LogP contribution in [-0.2, 0) is 9.53 Å². The molecule has 0 aliphatic heterocycles. The van der Waals surface area contributed by atoms with E-state index in [-0.39, 0.29) is 12.5 Å². The summed E-state index contributed by atoms with van der Waals surface area (Å²) in [6, 6.07) is 13.6. The lowest BCUT2D eigenvalue weighted by Crippen LogP contribution is -2.19. The minimum atomic E-state index is -0.455. The predicted octanol–water partition coefficient (Wildman–Crippen LogP) is 1.58. The van der Waals surface area contributed by atoms with E-state index in [1.807, 2.05) is 0 Å². The highest BCUT2D eigenvalue weighted by atomic mass is 16.6. The van der Waals surface area contributed by atoms with E-state index in [0.717, 1.165) is 5.56 Å². The smallest absolute Gasteiger partial charge is 0.343 e. The molecule has 0 aliphatic carbocycles. The van der Waals surface area contributed by atoms with Crippen LogP contribution in [-0.4, -0.2) is 31.8 Å². The van der Waals surface area contributed by atoms with Crippen molar-refractivity contribution >= 4 is 23.8 Å². The third kappa shape index (κ3) is 4.84. The number of ether oxygens (including phenoxy) is 2. The van der Waals surface area contributed by atoms with Gasteiger partial charge in [-0.2, -0.15) is 5.10 Å². The van der Waals surface area contributed by atoms with E-state index in [2.05, 4.69) is 15.3 Å². The number of esters is 1. The molecule has 3 N–H and O–H groups in total. The van der Waals surface area contributed by atoms with Gasteiger partial charge in [-0.1, -0.05) is 12.1 Å². The van der Waals surface area contributed by atoms with Gasteiger partial charge in [-0.05, 0) is 42.0 Å². The molecule has 0 spiro atoms. The third-order valence-electron chi connectivity index (χ3n) is 3.05. The van der Waals surface area contributed by atoms with Crippen molar-refractivity contribution in [1.29, 1.82) is 0 Å². The van der Waals surface area contributed by atoms with Gasteiger partial charge < -0.3 is 15.2 Å². The van der Waals surface area contributed by atoms with Crippen LogP contribution < -0.4 is 15.9 Å². The number of benzene rings is 2. The molecule has 124 valence electrons. The Hall–Kier alpha value is -3.35. The van der Waals surface area contributed by atoms with Crippen LogP contribution in [0.4, 0.5) is 5.69 Å². The first-order chi connectivity index (χ1) is 11.6. The van der Waals surface area contributed by atoms with Crippen molar-refractivity contribution in [3.05, 3.63) is 59.7 Å². The number of carbonyl (C=O) groups excluding carboxylic acids is 2. The number of nitrogens with one attached hydrogen (secondary N) is 1. The summed E-state index contributed by atoms with van der Waals surface area (Å²) in [6.45, 7) is -0.154. The summed E-state index contributed by atoms with van der Waals surface area (Å²) < 4.78 is 9.71. The first kappa shape index (κ1) is 17.0. The number of methoxy groups -OCH3 is 1.